The van der Waals surface area contributed by atoms with Crippen molar-refractivity contribution >= 4 is 0 Å². The van der Waals surface area contributed by atoms with Gasteiger partial charge in [0.1, 0.15) is 0 Å². The maximum Gasteiger partial charge on any atom is 0.0945 e. The molecular weight excluding hydrogens is 128 g/mol. The summed E-state index contributed by atoms with van der Waals surface area (Å²) in [5.41, 5.74) is 0.0862. The third kappa shape index (κ3) is 4.39. The standard InChI is InChI=1S/C8H16O2/c1-5-10-7-8(2,3)6-9-4/h5H,1,6-7H2,2-4H3. The lowest BCUT2D eigenvalue weighted by atomic mass is 9.96. The average molecular weight is 144 g/mol. The number of methoxy groups -OCH3 is 1. The summed E-state index contributed by atoms with van der Waals surface area (Å²) in [7, 11) is 1.69. The van der Waals surface area contributed by atoms with Crippen LogP contribution < -0.4 is 0 Å². The van der Waals surface area contributed by atoms with Gasteiger partial charge in [-0.2, -0.15) is 0 Å². The van der Waals surface area contributed by atoms with Gasteiger partial charge in [0.25, 0.3) is 0 Å². The van der Waals surface area contributed by atoms with E-state index in [0.717, 1.165) is 0 Å². The fourth-order valence-corrected chi connectivity index (χ4v) is 0.717. The van der Waals surface area contributed by atoms with E-state index in [2.05, 4.69) is 20.4 Å². The van der Waals surface area contributed by atoms with Crippen LogP contribution in [0.5, 0.6) is 0 Å². The van der Waals surface area contributed by atoms with Gasteiger partial charge in [0, 0.05) is 12.5 Å². The van der Waals surface area contributed by atoms with E-state index in [-0.39, 0.29) is 5.41 Å². The van der Waals surface area contributed by atoms with Gasteiger partial charge in [-0.15, -0.1) is 0 Å². The summed E-state index contributed by atoms with van der Waals surface area (Å²) in [5.74, 6) is 0. The normalized spacial score (nSPS) is 11.1. The van der Waals surface area contributed by atoms with Crippen LogP contribution in [-0.2, 0) is 9.47 Å². The van der Waals surface area contributed by atoms with Crippen molar-refractivity contribution in [2.45, 2.75) is 13.8 Å². The number of ether oxygens (including phenoxy) is 2. The SMILES string of the molecule is C=COCC(C)(C)COC. The zero-order valence-electron chi connectivity index (χ0n) is 7.02. The third-order valence-corrected chi connectivity index (χ3v) is 1.13. The Hall–Kier alpha value is -0.500. The van der Waals surface area contributed by atoms with E-state index in [1.165, 1.54) is 6.26 Å². The zero-order chi connectivity index (χ0) is 8.04. The van der Waals surface area contributed by atoms with Gasteiger partial charge >= 0.3 is 0 Å². The molecule has 10 heavy (non-hydrogen) atoms. The average Bonchev–Trinajstić information content (AvgIpc) is 1.84. The summed E-state index contributed by atoms with van der Waals surface area (Å²) in [4.78, 5) is 0. The van der Waals surface area contributed by atoms with Gasteiger partial charge in [-0.05, 0) is 0 Å². The summed E-state index contributed by atoms with van der Waals surface area (Å²) >= 11 is 0. The van der Waals surface area contributed by atoms with Crippen LogP contribution in [0.2, 0.25) is 0 Å². The van der Waals surface area contributed by atoms with E-state index in [9.17, 15) is 0 Å². The third-order valence-electron chi connectivity index (χ3n) is 1.13. The van der Waals surface area contributed by atoms with Gasteiger partial charge in [-0.1, -0.05) is 20.4 Å². The van der Waals surface area contributed by atoms with Gasteiger partial charge in [0.2, 0.25) is 0 Å². The first kappa shape index (κ1) is 9.50. The molecule has 0 amide bonds. The van der Waals surface area contributed by atoms with Crippen LogP contribution in [0.1, 0.15) is 13.8 Å². The van der Waals surface area contributed by atoms with Crippen molar-refractivity contribution in [1.29, 1.82) is 0 Å². The second-order valence-corrected chi connectivity index (χ2v) is 3.07. The molecule has 60 valence electrons. The van der Waals surface area contributed by atoms with Gasteiger partial charge in [-0.3, -0.25) is 0 Å². The lowest BCUT2D eigenvalue weighted by Crippen LogP contribution is -2.23. The Morgan fingerprint density at radius 3 is 2.40 bits per heavy atom. The van der Waals surface area contributed by atoms with Crippen LogP contribution in [0.25, 0.3) is 0 Å². The Bertz CT molecular complexity index is 97.4. The predicted octanol–water partition coefficient (Wildman–Crippen LogP) is 1.82. The summed E-state index contributed by atoms with van der Waals surface area (Å²) < 4.78 is 10.0. The van der Waals surface area contributed by atoms with Gasteiger partial charge in [0.15, 0.2) is 0 Å². The lowest BCUT2D eigenvalue weighted by molar-refractivity contribution is 0.0486. The highest BCUT2D eigenvalue weighted by Gasteiger charge is 2.17. The molecule has 0 aromatic rings. The molecule has 0 aliphatic carbocycles. The lowest BCUT2D eigenvalue weighted by Gasteiger charge is -2.21. The highest BCUT2D eigenvalue weighted by Crippen LogP contribution is 2.14. The Morgan fingerprint density at radius 2 is 2.00 bits per heavy atom. The maximum atomic E-state index is 5.03. The van der Waals surface area contributed by atoms with Crippen LogP contribution in [0.15, 0.2) is 12.8 Å². The van der Waals surface area contributed by atoms with Crippen molar-refractivity contribution in [2.75, 3.05) is 20.3 Å². The summed E-state index contributed by atoms with van der Waals surface area (Å²) in [6.07, 6.45) is 1.46. The first-order chi connectivity index (χ1) is 4.62. The molecule has 0 spiro atoms. The molecule has 0 N–H and O–H groups in total. The number of rotatable bonds is 5. The van der Waals surface area contributed by atoms with Crippen LogP contribution in [-0.4, -0.2) is 20.3 Å². The van der Waals surface area contributed by atoms with Gasteiger partial charge in [-0.25, -0.2) is 0 Å². The molecule has 0 unspecified atom stereocenters. The van der Waals surface area contributed by atoms with Gasteiger partial charge in [0.05, 0.1) is 19.5 Å². The smallest absolute Gasteiger partial charge is 0.0945 e. The van der Waals surface area contributed by atoms with E-state index < -0.39 is 0 Å². The van der Waals surface area contributed by atoms with E-state index >= 15 is 0 Å². The van der Waals surface area contributed by atoms with Gasteiger partial charge < -0.3 is 9.47 Å². The molecule has 0 heterocycles. The quantitative estimate of drug-likeness (QED) is 0.548. The molecule has 0 aliphatic rings. The minimum absolute atomic E-state index is 0.0862. The predicted molar refractivity (Wildman–Crippen MR) is 41.8 cm³/mol. The monoisotopic (exact) mass is 144 g/mol. The van der Waals surface area contributed by atoms with Crippen molar-refractivity contribution in [3.63, 3.8) is 0 Å². The molecule has 0 saturated heterocycles. The molecule has 2 heteroatoms. The molecule has 0 fully saturated rings. The van der Waals surface area contributed by atoms with Crippen LogP contribution >= 0.6 is 0 Å². The highest BCUT2D eigenvalue weighted by molar-refractivity contribution is 4.67. The molecule has 0 aromatic carbocycles. The number of hydrogen-bond donors (Lipinski definition) is 0. The highest BCUT2D eigenvalue weighted by atomic mass is 16.5. The van der Waals surface area contributed by atoms with Crippen molar-refractivity contribution in [3.05, 3.63) is 12.8 Å². The molecule has 0 rings (SSSR count). The van der Waals surface area contributed by atoms with Crippen molar-refractivity contribution in [2.24, 2.45) is 5.41 Å². The fourth-order valence-electron chi connectivity index (χ4n) is 0.717. The summed E-state index contributed by atoms with van der Waals surface area (Å²) in [6.45, 7) is 8.99. The Kier molecular flexibility index (Phi) is 4.12. The van der Waals surface area contributed by atoms with Crippen LogP contribution in [0.4, 0.5) is 0 Å². The molecule has 0 radical (unpaired) electrons. The van der Waals surface area contributed by atoms with Crippen molar-refractivity contribution in [1.82, 2.24) is 0 Å². The van der Waals surface area contributed by atoms with Crippen molar-refractivity contribution in [3.8, 4) is 0 Å². The van der Waals surface area contributed by atoms with Crippen LogP contribution in [0, 0.1) is 5.41 Å². The number of hydrogen-bond acceptors (Lipinski definition) is 2. The molecule has 0 aromatic heterocycles. The van der Waals surface area contributed by atoms with E-state index in [0.29, 0.717) is 13.2 Å². The van der Waals surface area contributed by atoms with Crippen LogP contribution in [0.3, 0.4) is 0 Å². The molecule has 0 aliphatic heterocycles. The fraction of sp³-hybridized carbons (Fsp3) is 0.750. The first-order valence-corrected chi connectivity index (χ1v) is 3.34. The Labute approximate surface area is 62.8 Å². The second kappa shape index (κ2) is 4.34. The summed E-state index contributed by atoms with van der Waals surface area (Å²) in [6, 6.07) is 0. The van der Waals surface area contributed by atoms with Crippen molar-refractivity contribution < 1.29 is 9.47 Å². The minimum atomic E-state index is 0.0862. The zero-order valence-corrected chi connectivity index (χ0v) is 7.02. The minimum Gasteiger partial charge on any atom is -0.501 e. The molecule has 0 atom stereocenters. The molecular formula is C8H16O2. The Balaban J connectivity index is 3.51. The second-order valence-electron chi connectivity index (χ2n) is 3.07. The van der Waals surface area contributed by atoms with E-state index in [1.807, 2.05) is 0 Å². The topological polar surface area (TPSA) is 18.5 Å². The maximum absolute atomic E-state index is 5.03. The largest absolute Gasteiger partial charge is 0.501 e. The molecule has 0 saturated carbocycles. The van der Waals surface area contributed by atoms with E-state index in [4.69, 9.17) is 9.47 Å². The Morgan fingerprint density at radius 1 is 1.40 bits per heavy atom. The molecule has 0 bridgehead atoms. The molecule has 2 nitrogen and oxygen atoms in total. The summed E-state index contributed by atoms with van der Waals surface area (Å²) in [5, 5.41) is 0. The first-order valence-electron chi connectivity index (χ1n) is 3.34. The van der Waals surface area contributed by atoms with E-state index in [1.54, 1.807) is 7.11 Å².